The van der Waals surface area contributed by atoms with Crippen LogP contribution in [0.5, 0.6) is 5.75 Å². The minimum absolute atomic E-state index is 0.239. The third-order valence-electron chi connectivity index (χ3n) is 3.30. The van der Waals surface area contributed by atoms with E-state index in [0.717, 1.165) is 38.9 Å². The Kier molecular flexibility index (Phi) is 4.35. The number of halogens is 1. The van der Waals surface area contributed by atoms with Crippen LogP contribution in [0.1, 0.15) is 0 Å². The Hall–Kier alpha value is -0.950. The smallest absolute Gasteiger partial charge is 0.410 e. The van der Waals surface area contributed by atoms with Gasteiger partial charge in [0.25, 0.3) is 0 Å². The van der Waals surface area contributed by atoms with Gasteiger partial charge in [-0.2, -0.15) is 11.8 Å². The number of ether oxygens (including phenoxy) is 1. The molecule has 0 N–H and O–H groups in total. The lowest BCUT2D eigenvalue weighted by Gasteiger charge is -2.25. The van der Waals surface area contributed by atoms with Gasteiger partial charge in [0.1, 0.15) is 5.75 Å². The van der Waals surface area contributed by atoms with Crippen molar-refractivity contribution in [1.29, 1.82) is 0 Å². The van der Waals surface area contributed by atoms with Crippen LogP contribution in [-0.2, 0) is 0 Å². The van der Waals surface area contributed by atoms with Crippen LogP contribution in [0.3, 0.4) is 0 Å². The Morgan fingerprint density at radius 2 is 1.80 bits per heavy atom. The molecule has 1 fully saturated rings. The number of amides is 1. The molecule has 2 aromatic carbocycles. The van der Waals surface area contributed by atoms with E-state index >= 15 is 0 Å². The lowest BCUT2D eigenvalue weighted by molar-refractivity contribution is 0.157. The fraction of sp³-hybridized carbons (Fsp3) is 0.267. The molecule has 3 nitrogen and oxygen atoms in total. The summed E-state index contributed by atoms with van der Waals surface area (Å²) in [4.78, 5) is 14.0. The van der Waals surface area contributed by atoms with E-state index in [9.17, 15) is 4.79 Å². The number of carbonyl (C=O) groups excluding carboxylic acids is 1. The Labute approximate surface area is 135 Å². The second-order valence-corrected chi connectivity index (χ2v) is 6.95. The van der Waals surface area contributed by atoms with Crippen molar-refractivity contribution < 1.29 is 9.53 Å². The number of hydrogen-bond donors (Lipinski definition) is 0. The van der Waals surface area contributed by atoms with Crippen molar-refractivity contribution in [3.63, 3.8) is 0 Å². The molecule has 1 heterocycles. The van der Waals surface area contributed by atoms with Gasteiger partial charge in [-0.3, -0.25) is 0 Å². The molecule has 5 heteroatoms. The minimum Gasteiger partial charge on any atom is -0.410 e. The van der Waals surface area contributed by atoms with E-state index in [4.69, 9.17) is 4.74 Å². The maximum Gasteiger partial charge on any atom is 0.415 e. The van der Waals surface area contributed by atoms with E-state index in [1.807, 2.05) is 48.2 Å². The van der Waals surface area contributed by atoms with Crippen LogP contribution in [0.15, 0.2) is 36.4 Å². The molecule has 0 aliphatic carbocycles. The third kappa shape index (κ3) is 2.88. The largest absolute Gasteiger partial charge is 0.415 e. The van der Waals surface area contributed by atoms with Crippen molar-refractivity contribution in [2.75, 3.05) is 24.6 Å². The highest BCUT2D eigenvalue weighted by molar-refractivity contribution is 14.1. The van der Waals surface area contributed by atoms with Gasteiger partial charge < -0.3 is 9.64 Å². The Bertz CT molecular complexity index is 641. The molecule has 0 aromatic heterocycles. The SMILES string of the molecule is O=C(Oc1ccc(I)c2ccccc12)N1CCSCC1. The summed E-state index contributed by atoms with van der Waals surface area (Å²) in [6.45, 7) is 1.54. The summed E-state index contributed by atoms with van der Waals surface area (Å²) in [6, 6.07) is 11.9. The maximum absolute atomic E-state index is 12.2. The van der Waals surface area contributed by atoms with Gasteiger partial charge in [-0.25, -0.2) is 4.79 Å². The summed E-state index contributed by atoms with van der Waals surface area (Å²) in [6.07, 6.45) is -0.239. The molecule has 3 rings (SSSR count). The molecule has 1 amide bonds. The van der Waals surface area contributed by atoms with Gasteiger partial charge in [0.15, 0.2) is 0 Å². The number of rotatable bonds is 1. The average molecular weight is 399 g/mol. The molecule has 1 aliphatic rings. The van der Waals surface area contributed by atoms with E-state index in [0.29, 0.717) is 5.75 Å². The molecule has 1 saturated heterocycles. The van der Waals surface area contributed by atoms with E-state index in [1.165, 1.54) is 0 Å². The van der Waals surface area contributed by atoms with Gasteiger partial charge in [-0.1, -0.05) is 24.3 Å². The third-order valence-corrected chi connectivity index (χ3v) is 5.18. The monoisotopic (exact) mass is 399 g/mol. The van der Waals surface area contributed by atoms with E-state index in [1.54, 1.807) is 4.90 Å². The normalized spacial score (nSPS) is 15.3. The van der Waals surface area contributed by atoms with Crippen molar-refractivity contribution in [3.05, 3.63) is 40.0 Å². The summed E-state index contributed by atoms with van der Waals surface area (Å²) in [5.74, 6) is 2.62. The fourth-order valence-electron chi connectivity index (χ4n) is 2.23. The lowest BCUT2D eigenvalue weighted by atomic mass is 10.1. The standard InChI is InChI=1S/C15H14INO2S/c16-13-5-6-14(12-4-2-1-3-11(12)13)19-15(18)17-7-9-20-10-8-17/h1-6H,7-10H2. The second-order valence-electron chi connectivity index (χ2n) is 4.56. The number of benzene rings is 2. The zero-order valence-corrected chi connectivity index (χ0v) is 13.8. The zero-order valence-electron chi connectivity index (χ0n) is 10.8. The number of hydrogen-bond acceptors (Lipinski definition) is 3. The highest BCUT2D eigenvalue weighted by atomic mass is 127. The topological polar surface area (TPSA) is 29.5 Å². The van der Waals surface area contributed by atoms with Crippen LogP contribution < -0.4 is 4.74 Å². The molecule has 0 radical (unpaired) electrons. The second kappa shape index (κ2) is 6.22. The highest BCUT2D eigenvalue weighted by Gasteiger charge is 2.19. The fourth-order valence-corrected chi connectivity index (χ4v) is 3.78. The Morgan fingerprint density at radius 3 is 2.55 bits per heavy atom. The molecule has 1 aliphatic heterocycles. The summed E-state index contributed by atoms with van der Waals surface area (Å²) in [5, 5.41) is 2.10. The van der Waals surface area contributed by atoms with Crippen LogP contribution in [-0.4, -0.2) is 35.6 Å². The molecular weight excluding hydrogens is 385 g/mol. The zero-order chi connectivity index (χ0) is 13.9. The molecular formula is C15H14INO2S. The summed E-state index contributed by atoms with van der Waals surface area (Å²) < 4.78 is 6.76. The summed E-state index contributed by atoms with van der Waals surface area (Å²) >= 11 is 4.17. The van der Waals surface area contributed by atoms with Gasteiger partial charge >= 0.3 is 6.09 Å². The molecule has 104 valence electrons. The number of carbonyl (C=O) groups is 1. The van der Waals surface area contributed by atoms with Crippen molar-refractivity contribution in [2.45, 2.75) is 0 Å². The van der Waals surface area contributed by atoms with Gasteiger partial charge in [0.2, 0.25) is 0 Å². The lowest BCUT2D eigenvalue weighted by Crippen LogP contribution is -2.39. The summed E-state index contributed by atoms with van der Waals surface area (Å²) in [5.41, 5.74) is 0. The van der Waals surface area contributed by atoms with Crippen molar-refractivity contribution in [3.8, 4) is 5.75 Å². The molecule has 0 saturated carbocycles. The average Bonchev–Trinajstić information content (AvgIpc) is 2.51. The van der Waals surface area contributed by atoms with Gasteiger partial charge in [0, 0.05) is 33.6 Å². The molecule has 0 unspecified atom stereocenters. The van der Waals surface area contributed by atoms with Crippen LogP contribution in [0.4, 0.5) is 4.79 Å². The van der Waals surface area contributed by atoms with Crippen molar-refractivity contribution >= 4 is 51.2 Å². The Balaban J connectivity index is 1.87. The molecule has 2 aromatic rings. The molecule has 0 bridgehead atoms. The van der Waals surface area contributed by atoms with Crippen LogP contribution in [0.2, 0.25) is 0 Å². The molecule has 0 spiro atoms. The highest BCUT2D eigenvalue weighted by Crippen LogP contribution is 2.29. The first-order chi connectivity index (χ1) is 9.75. The predicted molar refractivity (Wildman–Crippen MR) is 91.6 cm³/mol. The number of nitrogens with zero attached hydrogens (tertiary/aromatic N) is 1. The van der Waals surface area contributed by atoms with Crippen molar-refractivity contribution in [1.82, 2.24) is 4.90 Å². The van der Waals surface area contributed by atoms with E-state index in [2.05, 4.69) is 22.6 Å². The van der Waals surface area contributed by atoms with E-state index in [-0.39, 0.29) is 6.09 Å². The van der Waals surface area contributed by atoms with Crippen molar-refractivity contribution in [2.24, 2.45) is 0 Å². The predicted octanol–water partition coefficient (Wildman–Crippen LogP) is 3.99. The quantitative estimate of drug-likeness (QED) is 0.680. The van der Waals surface area contributed by atoms with Gasteiger partial charge in [-0.05, 0) is 40.1 Å². The van der Waals surface area contributed by atoms with Crippen LogP contribution in [0.25, 0.3) is 10.8 Å². The first kappa shape index (κ1) is 14.0. The van der Waals surface area contributed by atoms with Gasteiger partial charge in [-0.15, -0.1) is 0 Å². The number of fused-ring (bicyclic) bond motifs is 1. The maximum atomic E-state index is 12.2. The first-order valence-electron chi connectivity index (χ1n) is 6.47. The van der Waals surface area contributed by atoms with Gasteiger partial charge in [0.05, 0.1) is 0 Å². The molecule has 20 heavy (non-hydrogen) atoms. The first-order valence-corrected chi connectivity index (χ1v) is 8.71. The number of thioether (sulfide) groups is 1. The minimum atomic E-state index is -0.239. The Morgan fingerprint density at radius 1 is 1.10 bits per heavy atom. The van der Waals surface area contributed by atoms with Crippen LogP contribution >= 0.6 is 34.4 Å². The van der Waals surface area contributed by atoms with Crippen LogP contribution in [0, 0.1) is 3.57 Å². The molecule has 0 atom stereocenters. The summed E-state index contributed by atoms with van der Waals surface area (Å²) in [7, 11) is 0. The van der Waals surface area contributed by atoms with E-state index < -0.39 is 0 Å².